The lowest BCUT2D eigenvalue weighted by molar-refractivity contribution is 0.968. The third kappa shape index (κ3) is 3.61. The molecule has 0 fully saturated rings. The van der Waals surface area contributed by atoms with Crippen molar-refractivity contribution in [1.29, 1.82) is 0 Å². The number of nitrogens with two attached hydrogens (primary N) is 1. The predicted molar refractivity (Wildman–Crippen MR) is 73.0 cm³/mol. The molecule has 0 atom stereocenters. The van der Waals surface area contributed by atoms with Gasteiger partial charge in [-0.25, -0.2) is 0 Å². The predicted octanol–water partition coefficient (Wildman–Crippen LogP) is 2.80. The van der Waals surface area contributed by atoms with Gasteiger partial charge in [0, 0.05) is 12.2 Å². The van der Waals surface area contributed by atoms with Gasteiger partial charge in [-0.2, -0.15) is 0 Å². The number of hydrogen-bond acceptors (Lipinski definition) is 2. The van der Waals surface area contributed by atoms with Gasteiger partial charge in [-0.05, 0) is 36.2 Å². The second-order valence-electron chi connectivity index (χ2n) is 4.07. The smallest absolute Gasteiger partial charge is 0.0400 e. The molecule has 0 spiro atoms. The highest BCUT2D eigenvalue weighted by atomic mass is 14.9. The Bertz CT molecular complexity index is 434. The van der Waals surface area contributed by atoms with Crippen molar-refractivity contribution in [2.75, 3.05) is 11.9 Å². The van der Waals surface area contributed by atoms with E-state index < -0.39 is 0 Å². The second kappa shape index (κ2) is 6.06. The first-order valence-corrected chi connectivity index (χ1v) is 5.95. The molecule has 0 unspecified atom stereocenters. The molecule has 0 saturated heterocycles. The van der Waals surface area contributed by atoms with Crippen molar-refractivity contribution in [2.24, 2.45) is 5.73 Å². The van der Waals surface area contributed by atoms with Crippen LogP contribution in [0.15, 0.2) is 54.6 Å². The van der Waals surface area contributed by atoms with Crippen molar-refractivity contribution in [1.82, 2.24) is 0 Å². The van der Waals surface area contributed by atoms with E-state index in [1.165, 1.54) is 11.1 Å². The Hall–Kier alpha value is -1.80. The Kier molecular flexibility index (Phi) is 4.17. The third-order valence-electron chi connectivity index (χ3n) is 2.73. The highest BCUT2D eigenvalue weighted by Crippen LogP contribution is 2.11. The van der Waals surface area contributed by atoms with Crippen LogP contribution in [0.5, 0.6) is 0 Å². The van der Waals surface area contributed by atoms with Crippen molar-refractivity contribution < 1.29 is 0 Å². The molecular formula is C15H18N2. The van der Waals surface area contributed by atoms with Crippen LogP contribution < -0.4 is 11.1 Å². The monoisotopic (exact) mass is 226 g/mol. The largest absolute Gasteiger partial charge is 0.381 e. The molecule has 2 rings (SSSR count). The lowest BCUT2D eigenvalue weighted by atomic mass is 10.1. The summed E-state index contributed by atoms with van der Waals surface area (Å²) < 4.78 is 0. The Labute approximate surface area is 102 Å². The van der Waals surface area contributed by atoms with Crippen LogP contribution in [0, 0.1) is 0 Å². The van der Waals surface area contributed by atoms with Crippen molar-refractivity contribution in [3.05, 3.63) is 65.7 Å². The van der Waals surface area contributed by atoms with Gasteiger partial charge in [0.25, 0.3) is 0 Å². The minimum atomic E-state index is 0.705. The summed E-state index contributed by atoms with van der Waals surface area (Å²) in [5, 5.41) is 3.40. The van der Waals surface area contributed by atoms with Crippen LogP contribution in [0.1, 0.15) is 11.1 Å². The summed E-state index contributed by atoms with van der Waals surface area (Å²) >= 11 is 0. The van der Waals surface area contributed by atoms with Crippen LogP contribution >= 0.6 is 0 Å². The fraction of sp³-hybridized carbons (Fsp3) is 0.200. The van der Waals surface area contributed by atoms with Gasteiger partial charge >= 0.3 is 0 Å². The van der Waals surface area contributed by atoms with Crippen LogP contribution in [-0.2, 0) is 13.0 Å². The van der Waals surface area contributed by atoms with Gasteiger partial charge in [0.05, 0.1) is 0 Å². The molecule has 0 heterocycles. The number of rotatable bonds is 5. The molecular weight excluding hydrogens is 208 g/mol. The first kappa shape index (κ1) is 11.7. The molecule has 3 N–H and O–H groups in total. The highest BCUT2D eigenvalue weighted by molar-refractivity contribution is 5.45. The summed E-state index contributed by atoms with van der Waals surface area (Å²) in [5.74, 6) is 0. The lowest BCUT2D eigenvalue weighted by Gasteiger charge is -2.07. The molecule has 0 amide bonds. The Morgan fingerprint density at radius 3 is 2.18 bits per heavy atom. The first-order valence-electron chi connectivity index (χ1n) is 5.95. The lowest BCUT2D eigenvalue weighted by Crippen LogP contribution is -2.03. The maximum Gasteiger partial charge on any atom is 0.0400 e. The summed E-state index contributed by atoms with van der Waals surface area (Å²) in [4.78, 5) is 0. The van der Waals surface area contributed by atoms with Crippen LogP contribution in [0.25, 0.3) is 0 Å². The van der Waals surface area contributed by atoms with E-state index in [0.717, 1.165) is 18.7 Å². The SMILES string of the molecule is NCCc1ccc(NCc2ccccc2)cc1. The van der Waals surface area contributed by atoms with E-state index in [-0.39, 0.29) is 0 Å². The molecule has 0 saturated carbocycles. The molecule has 0 bridgehead atoms. The topological polar surface area (TPSA) is 38.0 Å². The summed E-state index contributed by atoms with van der Waals surface area (Å²) in [5.41, 5.74) is 9.25. The van der Waals surface area contributed by atoms with Crippen molar-refractivity contribution in [3.8, 4) is 0 Å². The van der Waals surface area contributed by atoms with Gasteiger partial charge in [-0.15, -0.1) is 0 Å². The van der Waals surface area contributed by atoms with Crippen LogP contribution in [0.4, 0.5) is 5.69 Å². The van der Waals surface area contributed by atoms with Crippen LogP contribution in [-0.4, -0.2) is 6.54 Å². The molecule has 17 heavy (non-hydrogen) atoms. The molecule has 2 aromatic rings. The van der Waals surface area contributed by atoms with E-state index in [0.29, 0.717) is 6.54 Å². The van der Waals surface area contributed by atoms with Gasteiger partial charge < -0.3 is 11.1 Å². The van der Waals surface area contributed by atoms with E-state index in [2.05, 4.69) is 53.8 Å². The van der Waals surface area contributed by atoms with Gasteiger partial charge in [-0.3, -0.25) is 0 Å². The second-order valence-corrected chi connectivity index (χ2v) is 4.07. The van der Waals surface area contributed by atoms with Crippen LogP contribution in [0.2, 0.25) is 0 Å². The van der Waals surface area contributed by atoms with Crippen molar-refractivity contribution in [3.63, 3.8) is 0 Å². The molecule has 0 aliphatic heterocycles. The van der Waals surface area contributed by atoms with Crippen LogP contribution in [0.3, 0.4) is 0 Å². The minimum Gasteiger partial charge on any atom is -0.381 e. The van der Waals surface area contributed by atoms with Gasteiger partial charge in [0.15, 0.2) is 0 Å². The summed E-state index contributed by atoms with van der Waals surface area (Å²) in [6, 6.07) is 18.8. The number of anilines is 1. The van der Waals surface area contributed by atoms with E-state index in [9.17, 15) is 0 Å². The zero-order valence-corrected chi connectivity index (χ0v) is 9.89. The molecule has 88 valence electrons. The molecule has 2 heteroatoms. The van der Waals surface area contributed by atoms with Gasteiger partial charge in [0.2, 0.25) is 0 Å². The standard InChI is InChI=1S/C15H18N2/c16-11-10-13-6-8-15(9-7-13)17-12-14-4-2-1-3-5-14/h1-9,17H,10-12,16H2. The summed E-state index contributed by atoms with van der Waals surface area (Å²) in [7, 11) is 0. The van der Waals surface area contributed by atoms with E-state index in [1.807, 2.05) is 6.07 Å². The Morgan fingerprint density at radius 2 is 1.53 bits per heavy atom. The van der Waals surface area contributed by atoms with E-state index in [1.54, 1.807) is 0 Å². The molecule has 0 aromatic heterocycles. The molecule has 0 aliphatic rings. The van der Waals surface area contributed by atoms with Crippen molar-refractivity contribution >= 4 is 5.69 Å². The van der Waals surface area contributed by atoms with Gasteiger partial charge in [0.1, 0.15) is 0 Å². The third-order valence-corrected chi connectivity index (χ3v) is 2.73. The minimum absolute atomic E-state index is 0.705. The Morgan fingerprint density at radius 1 is 0.824 bits per heavy atom. The zero-order chi connectivity index (χ0) is 11.9. The Balaban J connectivity index is 1.91. The number of nitrogens with one attached hydrogen (secondary N) is 1. The maximum atomic E-state index is 5.52. The normalized spacial score (nSPS) is 10.2. The molecule has 2 nitrogen and oxygen atoms in total. The van der Waals surface area contributed by atoms with E-state index >= 15 is 0 Å². The molecule has 2 aromatic carbocycles. The average Bonchev–Trinajstić information content (AvgIpc) is 2.40. The number of benzene rings is 2. The van der Waals surface area contributed by atoms with E-state index in [4.69, 9.17) is 5.73 Å². The summed E-state index contributed by atoms with van der Waals surface area (Å²) in [6.45, 7) is 1.56. The highest BCUT2D eigenvalue weighted by Gasteiger charge is 1.94. The zero-order valence-electron chi connectivity index (χ0n) is 9.89. The number of hydrogen-bond donors (Lipinski definition) is 2. The van der Waals surface area contributed by atoms with Gasteiger partial charge in [-0.1, -0.05) is 42.5 Å². The fourth-order valence-corrected chi connectivity index (χ4v) is 1.76. The maximum absolute atomic E-state index is 5.52. The quantitative estimate of drug-likeness (QED) is 0.822. The van der Waals surface area contributed by atoms with Crippen molar-refractivity contribution in [2.45, 2.75) is 13.0 Å². The first-order chi connectivity index (χ1) is 8.38. The molecule has 0 radical (unpaired) electrons. The average molecular weight is 226 g/mol. The molecule has 0 aliphatic carbocycles. The summed E-state index contributed by atoms with van der Waals surface area (Å²) in [6.07, 6.45) is 0.943. The fourth-order valence-electron chi connectivity index (χ4n) is 1.76.